The quantitative estimate of drug-likeness (QED) is 0.153. The SMILES string of the molecule is Cc1cc(C)c(-c2cc3c(c[n+]2C)C2CCC3C2)c2c1-c1ccccc1C2.Cc1ccc2c(c1)-c1ccc(C)c(-c3cc4c(c[n+]3C)C3CCC4C3)c1C2.Cc1ccc2c(c1-c1cc3c(c[n+]1C)C(C)(C)CCC3(C)C)Cc1ccc(-c3ccccc3)cc1-2.Cc1cccc2c1-c1ccc(C)c(-c3cc4c(c[n+]3C)C3CCC4C3)c1C2. The first-order valence-electron chi connectivity index (χ1n) is 44.1. The van der Waals surface area contributed by atoms with Crippen LogP contribution in [-0.4, -0.2) is 0 Å². The molecule has 11 aliphatic carbocycles. The van der Waals surface area contributed by atoms with Crippen molar-refractivity contribution in [3.63, 3.8) is 0 Å². The Hall–Kier alpha value is -10.4. The van der Waals surface area contributed by atoms with Gasteiger partial charge in [0.1, 0.15) is 28.2 Å². The second-order valence-electron chi connectivity index (χ2n) is 39.0. The van der Waals surface area contributed by atoms with Crippen LogP contribution in [-0.2, 0) is 64.7 Å². The van der Waals surface area contributed by atoms with Crippen molar-refractivity contribution in [2.75, 3.05) is 0 Å². The third-order valence-electron chi connectivity index (χ3n) is 30.9. The van der Waals surface area contributed by atoms with Crippen LogP contribution >= 0.6 is 0 Å². The monoisotopic (exact) mass is 1510 g/mol. The Bertz CT molecular complexity index is 6370. The van der Waals surface area contributed by atoms with E-state index < -0.39 is 0 Å². The van der Waals surface area contributed by atoms with Gasteiger partial charge in [-0.3, -0.25) is 0 Å². The van der Waals surface area contributed by atoms with E-state index in [-0.39, 0.29) is 10.8 Å². The van der Waals surface area contributed by atoms with Crippen LogP contribution < -0.4 is 18.3 Å². The van der Waals surface area contributed by atoms with Crippen LogP contribution in [0.15, 0.2) is 201 Å². The van der Waals surface area contributed by atoms with Gasteiger partial charge in [-0.15, -0.1) is 0 Å². The Morgan fingerprint density at radius 3 is 1.22 bits per heavy atom. The zero-order valence-electron chi connectivity index (χ0n) is 71.4. The van der Waals surface area contributed by atoms with Gasteiger partial charge in [0.15, 0.2) is 24.8 Å². The molecule has 6 bridgehead atoms. The topological polar surface area (TPSA) is 15.5 Å². The second-order valence-corrected chi connectivity index (χ2v) is 39.0. The second kappa shape index (κ2) is 27.3. The minimum atomic E-state index is 0.202. The van der Waals surface area contributed by atoms with Gasteiger partial charge in [0.2, 0.25) is 22.8 Å². The number of aryl methyl sites for hydroxylation is 11. The summed E-state index contributed by atoms with van der Waals surface area (Å²) in [5, 5.41) is 0. The van der Waals surface area contributed by atoms with Crippen molar-refractivity contribution in [3.8, 4) is 101 Å². The van der Waals surface area contributed by atoms with Crippen LogP contribution in [0.4, 0.5) is 0 Å². The van der Waals surface area contributed by atoms with Gasteiger partial charge in [0.05, 0.1) is 22.3 Å². The fraction of sp³-hybridized carbons (Fsp3) is 0.339. The molecule has 4 heterocycles. The summed E-state index contributed by atoms with van der Waals surface area (Å²) in [5.74, 6) is 4.88. The van der Waals surface area contributed by atoms with Crippen LogP contribution in [0.5, 0.6) is 0 Å². The maximum Gasteiger partial charge on any atom is 0.213 e. The first kappa shape index (κ1) is 73.2. The van der Waals surface area contributed by atoms with Crippen LogP contribution in [0.2, 0.25) is 0 Å². The van der Waals surface area contributed by atoms with Crippen molar-refractivity contribution in [2.24, 2.45) is 28.2 Å². The van der Waals surface area contributed by atoms with E-state index in [0.29, 0.717) is 0 Å². The Morgan fingerprint density at radius 1 is 0.267 bits per heavy atom. The van der Waals surface area contributed by atoms with Crippen LogP contribution in [0.1, 0.15) is 262 Å². The first-order valence-corrected chi connectivity index (χ1v) is 44.1. The molecule has 0 saturated heterocycles. The van der Waals surface area contributed by atoms with E-state index in [0.717, 1.165) is 61.2 Å². The predicted molar refractivity (Wildman–Crippen MR) is 477 cm³/mol. The average molecular weight is 1520 g/mol. The number of aromatic nitrogens is 4. The lowest BCUT2D eigenvalue weighted by Crippen LogP contribution is -2.40. The number of fused-ring (bicyclic) bond motifs is 28. The predicted octanol–water partition coefficient (Wildman–Crippen LogP) is 25.3. The van der Waals surface area contributed by atoms with E-state index >= 15 is 0 Å². The highest BCUT2D eigenvalue weighted by Gasteiger charge is 2.45. The van der Waals surface area contributed by atoms with Crippen LogP contribution in [0.3, 0.4) is 0 Å². The van der Waals surface area contributed by atoms with Gasteiger partial charge in [-0.2, -0.15) is 0 Å². The molecule has 0 aliphatic heterocycles. The minimum absolute atomic E-state index is 0.202. The number of rotatable bonds is 5. The number of pyridine rings is 4. The summed E-state index contributed by atoms with van der Waals surface area (Å²) in [4.78, 5) is 0. The molecule has 0 spiro atoms. The van der Waals surface area contributed by atoms with Crippen LogP contribution in [0, 0.1) is 48.5 Å². The van der Waals surface area contributed by atoms with E-state index in [1.165, 1.54) is 266 Å². The molecule has 24 rings (SSSR count). The molecular formula is C112H114N4+4. The Morgan fingerprint density at radius 2 is 0.672 bits per heavy atom. The van der Waals surface area contributed by atoms with Crippen molar-refractivity contribution in [3.05, 3.63) is 329 Å². The molecule has 3 saturated carbocycles. The van der Waals surface area contributed by atoms with Gasteiger partial charge >= 0.3 is 0 Å². The smallest absolute Gasteiger partial charge is 0.201 e. The highest BCUT2D eigenvalue weighted by Crippen LogP contribution is 2.58. The van der Waals surface area contributed by atoms with Gasteiger partial charge in [-0.05, 0) is 353 Å². The van der Waals surface area contributed by atoms with Gasteiger partial charge in [-0.25, -0.2) is 18.3 Å². The first-order chi connectivity index (χ1) is 56.0. The molecule has 0 N–H and O–H groups in total. The van der Waals surface area contributed by atoms with E-state index in [2.05, 4.69) is 323 Å². The zero-order chi connectivity index (χ0) is 79.4. The van der Waals surface area contributed by atoms with E-state index in [1.807, 2.05) is 0 Å². The number of benzene rings is 9. The van der Waals surface area contributed by atoms with Crippen molar-refractivity contribution in [1.29, 1.82) is 0 Å². The summed E-state index contributed by atoms with van der Waals surface area (Å²) in [7, 11) is 8.97. The fourth-order valence-electron chi connectivity index (χ4n) is 24.9. The summed E-state index contributed by atoms with van der Waals surface area (Å²) < 4.78 is 9.60. The number of hydrogen-bond donors (Lipinski definition) is 0. The summed E-state index contributed by atoms with van der Waals surface area (Å²) in [6.45, 7) is 25.5. The molecule has 116 heavy (non-hydrogen) atoms. The molecule has 578 valence electrons. The number of hydrogen-bond acceptors (Lipinski definition) is 0. The van der Waals surface area contributed by atoms with E-state index in [1.54, 1.807) is 33.4 Å². The van der Waals surface area contributed by atoms with Crippen molar-refractivity contribution in [1.82, 2.24) is 0 Å². The highest BCUT2D eigenvalue weighted by atomic mass is 14.9. The Balaban J connectivity index is 0.0000000972. The fourth-order valence-corrected chi connectivity index (χ4v) is 24.9. The zero-order valence-corrected chi connectivity index (χ0v) is 71.4. The third-order valence-corrected chi connectivity index (χ3v) is 30.9. The summed E-state index contributed by atoms with van der Waals surface area (Å²) in [6, 6.07) is 67.0. The number of nitrogens with zero attached hydrogens (tertiary/aromatic N) is 4. The molecule has 9 aromatic carbocycles. The molecule has 4 aromatic heterocycles. The molecular weight excluding hydrogens is 1400 g/mol. The van der Waals surface area contributed by atoms with Gasteiger partial charge in [0.25, 0.3) is 0 Å². The normalized spacial score (nSPS) is 20.0. The third kappa shape index (κ3) is 11.7. The molecule has 13 aromatic rings. The van der Waals surface area contributed by atoms with E-state index in [4.69, 9.17) is 0 Å². The lowest BCUT2D eigenvalue weighted by Gasteiger charge is -2.40. The van der Waals surface area contributed by atoms with Crippen molar-refractivity contribution < 1.29 is 18.3 Å². The molecule has 6 unspecified atom stereocenters. The largest absolute Gasteiger partial charge is 0.213 e. The summed E-state index contributed by atoms with van der Waals surface area (Å²) in [6.07, 6.45) is 28.9. The lowest BCUT2D eigenvalue weighted by molar-refractivity contribution is -0.661. The van der Waals surface area contributed by atoms with Crippen molar-refractivity contribution in [2.45, 2.75) is 219 Å². The van der Waals surface area contributed by atoms with Crippen LogP contribution in [0.25, 0.3) is 101 Å². The molecule has 0 amide bonds. The summed E-state index contributed by atoms with van der Waals surface area (Å²) >= 11 is 0. The highest BCUT2D eigenvalue weighted by molar-refractivity contribution is 5.91. The molecule has 11 aliphatic rings. The molecule has 0 radical (unpaired) electrons. The lowest BCUT2D eigenvalue weighted by atomic mass is 9.63. The van der Waals surface area contributed by atoms with Crippen molar-refractivity contribution >= 4 is 0 Å². The molecule has 4 heteroatoms. The van der Waals surface area contributed by atoms with Gasteiger partial charge < -0.3 is 0 Å². The Labute approximate surface area is 690 Å². The van der Waals surface area contributed by atoms with Gasteiger partial charge in [-0.1, -0.05) is 179 Å². The maximum atomic E-state index is 2.54. The molecule has 6 atom stereocenters. The van der Waals surface area contributed by atoms with Gasteiger partial charge in [0, 0.05) is 46.5 Å². The summed E-state index contributed by atoms with van der Waals surface area (Å²) in [5.41, 5.74) is 60.4. The van der Waals surface area contributed by atoms with E-state index in [9.17, 15) is 0 Å². The maximum absolute atomic E-state index is 2.54. The average Bonchev–Trinajstić information content (AvgIpc) is 1.57. The minimum Gasteiger partial charge on any atom is -0.201 e. The molecule has 4 nitrogen and oxygen atoms in total. The molecule has 3 fully saturated rings. The standard InChI is InChI=1S/C34H36N.3C26H26N/c1-22-12-15-26-27-18-24(23-10-8-7-9-11-23)13-14-25(27)19-28(26)32(22)31-20-29-30(21-35(31)6)34(4,5)17-16-33(29,2)3;1-15-4-6-19-12-23-20(21(19)10-15)9-5-16(2)26(23)25-13-22-17-7-8-18(11-17)24(22)14-27(25)3;1-15-5-4-6-19-12-22-20(25(15)19)10-7-16(2)26(22)24-13-21-17-8-9-18(11-17)23(21)14-27(24)3;1-15-10-16(2)26(22-12-17-6-4-5-7-20(17)25(15)22)24-13-21-18-8-9-19(11-18)23(21)14-27(24)3/h7-15,18,20-21H,16-17,19H2,1-6H3;4-6,9-10,13-14,17-18H,7-8,11-12H2,1-3H3;4-7,10,13-14,17-18H,8-9,11-12H2,1-3H3;4-7,10,13-14,18-19H,8-9,11-12H2,1-3H3/q4*+1. The Kier molecular flexibility index (Phi) is 17.3.